The molecule has 142 valence electrons. The number of anilines is 1. The highest BCUT2D eigenvalue weighted by molar-refractivity contribution is 7.98. The molecule has 28 heavy (non-hydrogen) atoms. The lowest BCUT2D eigenvalue weighted by atomic mass is 10.1. The van der Waals surface area contributed by atoms with Gasteiger partial charge in [-0.2, -0.15) is 5.26 Å². The van der Waals surface area contributed by atoms with Crippen LogP contribution in [0.1, 0.15) is 33.1 Å². The molecule has 0 fully saturated rings. The van der Waals surface area contributed by atoms with E-state index in [1.807, 2.05) is 12.1 Å². The SMILES string of the molecule is COC(=O)c1ccc(CSc2nc(N)c(C#N)c(Cc3ccc(Cl)cc3)n2)o1. The molecule has 0 spiro atoms. The van der Waals surface area contributed by atoms with Gasteiger partial charge in [0.1, 0.15) is 23.2 Å². The molecule has 3 rings (SSSR count). The van der Waals surface area contributed by atoms with E-state index in [-0.39, 0.29) is 17.1 Å². The average Bonchev–Trinajstić information content (AvgIpc) is 3.16. The number of hydrogen-bond donors (Lipinski definition) is 1. The van der Waals surface area contributed by atoms with Gasteiger partial charge in [-0.05, 0) is 29.8 Å². The van der Waals surface area contributed by atoms with Gasteiger partial charge < -0.3 is 14.9 Å². The van der Waals surface area contributed by atoms with Gasteiger partial charge in [0.25, 0.3) is 0 Å². The Labute approximate surface area is 170 Å². The molecule has 9 heteroatoms. The van der Waals surface area contributed by atoms with E-state index in [4.69, 9.17) is 21.8 Å². The van der Waals surface area contributed by atoms with Crippen LogP contribution in [0.3, 0.4) is 0 Å². The van der Waals surface area contributed by atoms with Crippen LogP contribution in [0.5, 0.6) is 0 Å². The number of nitriles is 1. The maximum absolute atomic E-state index is 11.5. The predicted molar refractivity (Wildman–Crippen MR) is 105 cm³/mol. The lowest BCUT2D eigenvalue weighted by Crippen LogP contribution is -2.06. The molecule has 0 amide bonds. The van der Waals surface area contributed by atoms with Gasteiger partial charge in [-0.25, -0.2) is 14.8 Å². The first-order chi connectivity index (χ1) is 13.5. The van der Waals surface area contributed by atoms with Crippen molar-refractivity contribution in [1.82, 2.24) is 9.97 Å². The minimum atomic E-state index is -0.541. The van der Waals surface area contributed by atoms with Crippen LogP contribution >= 0.6 is 23.4 Å². The highest BCUT2D eigenvalue weighted by Gasteiger charge is 2.15. The molecule has 3 aromatic rings. The number of hydrogen-bond acceptors (Lipinski definition) is 8. The predicted octanol–water partition coefficient (Wildman–Crippen LogP) is 3.85. The molecule has 0 unspecified atom stereocenters. The Morgan fingerprint density at radius 2 is 2.04 bits per heavy atom. The lowest BCUT2D eigenvalue weighted by molar-refractivity contribution is 0.0563. The van der Waals surface area contributed by atoms with Gasteiger partial charge in [0.15, 0.2) is 5.16 Å². The number of carbonyl (C=O) groups is 1. The molecule has 0 radical (unpaired) electrons. The Bertz CT molecular complexity index is 1040. The molecule has 0 aliphatic carbocycles. The third-order valence-corrected chi connectivity index (χ3v) is 4.90. The molecule has 0 aliphatic rings. The fourth-order valence-corrected chi connectivity index (χ4v) is 3.30. The molecule has 0 saturated carbocycles. The Balaban J connectivity index is 1.79. The first-order valence-corrected chi connectivity index (χ1v) is 9.47. The summed E-state index contributed by atoms with van der Waals surface area (Å²) < 4.78 is 10.0. The largest absolute Gasteiger partial charge is 0.463 e. The first-order valence-electron chi connectivity index (χ1n) is 8.11. The zero-order chi connectivity index (χ0) is 20.1. The second-order valence-electron chi connectivity index (χ2n) is 5.67. The molecule has 0 bridgehead atoms. The zero-order valence-electron chi connectivity index (χ0n) is 14.8. The minimum Gasteiger partial charge on any atom is -0.463 e. The normalized spacial score (nSPS) is 10.5. The number of nitrogen functional groups attached to an aromatic ring is 1. The lowest BCUT2D eigenvalue weighted by Gasteiger charge is -2.08. The summed E-state index contributed by atoms with van der Waals surface area (Å²) in [6, 6.07) is 12.6. The van der Waals surface area contributed by atoms with Gasteiger partial charge in [-0.15, -0.1) is 0 Å². The number of nitrogens with zero attached hydrogens (tertiary/aromatic N) is 3. The third kappa shape index (κ3) is 4.63. The van der Waals surface area contributed by atoms with Crippen molar-refractivity contribution in [3.05, 3.63) is 69.8 Å². The second kappa shape index (κ2) is 8.78. The number of rotatable bonds is 6. The quantitative estimate of drug-likeness (QED) is 0.367. The summed E-state index contributed by atoms with van der Waals surface area (Å²) >= 11 is 7.20. The molecule has 2 N–H and O–H groups in total. The summed E-state index contributed by atoms with van der Waals surface area (Å²) in [7, 11) is 1.29. The number of methoxy groups -OCH3 is 1. The van der Waals surface area contributed by atoms with Crippen molar-refractivity contribution in [3.63, 3.8) is 0 Å². The van der Waals surface area contributed by atoms with Crippen LogP contribution in [0.25, 0.3) is 0 Å². The van der Waals surface area contributed by atoms with Gasteiger partial charge in [-0.3, -0.25) is 0 Å². The first kappa shape index (κ1) is 19.7. The van der Waals surface area contributed by atoms with Crippen LogP contribution in [0.15, 0.2) is 46.0 Å². The molecule has 0 aliphatic heterocycles. The number of benzene rings is 1. The van der Waals surface area contributed by atoms with Crippen molar-refractivity contribution in [2.45, 2.75) is 17.3 Å². The Hall–Kier alpha value is -3.02. The third-order valence-electron chi connectivity index (χ3n) is 3.78. The van der Waals surface area contributed by atoms with Gasteiger partial charge in [0.05, 0.1) is 18.6 Å². The van der Waals surface area contributed by atoms with Crippen LogP contribution < -0.4 is 5.73 Å². The van der Waals surface area contributed by atoms with Crippen LogP contribution in [-0.4, -0.2) is 23.0 Å². The number of thioether (sulfide) groups is 1. The van der Waals surface area contributed by atoms with Gasteiger partial charge in [0.2, 0.25) is 5.76 Å². The van der Waals surface area contributed by atoms with Crippen LogP contribution in [-0.2, 0) is 16.9 Å². The Kier molecular flexibility index (Phi) is 6.19. The van der Waals surface area contributed by atoms with E-state index in [1.165, 1.54) is 18.9 Å². The second-order valence-corrected chi connectivity index (χ2v) is 7.05. The highest BCUT2D eigenvalue weighted by Crippen LogP contribution is 2.25. The van der Waals surface area contributed by atoms with Gasteiger partial charge >= 0.3 is 5.97 Å². The topological polar surface area (TPSA) is 115 Å². The van der Waals surface area contributed by atoms with Gasteiger partial charge in [-0.1, -0.05) is 35.5 Å². The number of ether oxygens (including phenoxy) is 1. The minimum absolute atomic E-state index is 0.124. The van der Waals surface area contributed by atoms with Crippen LogP contribution in [0.2, 0.25) is 5.02 Å². The van der Waals surface area contributed by atoms with Crippen molar-refractivity contribution in [2.75, 3.05) is 12.8 Å². The molecule has 7 nitrogen and oxygen atoms in total. The zero-order valence-corrected chi connectivity index (χ0v) is 16.4. The highest BCUT2D eigenvalue weighted by atomic mass is 35.5. The number of carbonyl (C=O) groups excluding carboxylic acids is 1. The summed E-state index contributed by atoms with van der Waals surface area (Å²) in [5.74, 6) is 0.667. The molecular formula is C19H15ClN4O3S. The summed E-state index contributed by atoms with van der Waals surface area (Å²) in [4.78, 5) is 20.1. The van der Waals surface area contributed by atoms with Crippen molar-refractivity contribution in [3.8, 4) is 6.07 Å². The van der Waals surface area contributed by atoms with Crippen molar-refractivity contribution < 1.29 is 13.9 Å². The van der Waals surface area contributed by atoms with Crippen molar-refractivity contribution >= 4 is 35.1 Å². The fourth-order valence-electron chi connectivity index (χ4n) is 2.41. The van der Waals surface area contributed by atoms with Crippen molar-refractivity contribution in [2.24, 2.45) is 0 Å². The van der Waals surface area contributed by atoms with E-state index in [9.17, 15) is 10.1 Å². The standard InChI is InChI=1S/C19H15ClN4O3S/c1-26-18(25)16-7-6-13(27-16)10-28-19-23-15(14(9-21)17(22)24-19)8-11-2-4-12(20)5-3-11/h2-7H,8,10H2,1H3,(H2,22,23,24). The van der Waals surface area contributed by atoms with E-state index in [0.29, 0.717) is 33.8 Å². The molecule has 1 aromatic carbocycles. The average molecular weight is 415 g/mol. The maximum Gasteiger partial charge on any atom is 0.373 e. The van der Waals surface area contributed by atoms with Crippen LogP contribution in [0, 0.1) is 11.3 Å². The van der Waals surface area contributed by atoms with Crippen molar-refractivity contribution in [1.29, 1.82) is 5.26 Å². The number of nitrogens with two attached hydrogens (primary N) is 1. The number of aromatic nitrogens is 2. The van der Waals surface area contributed by atoms with Crippen LogP contribution in [0.4, 0.5) is 5.82 Å². The summed E-state index contributed by atoms with van der Waals surface area (Å²) in [5, 5.41) is 10.4. The van der Waals surface area contributed by atoms with E-state index < -0.39 is 5.97 Å². The van der Waals surface area contributed by atoms with E-state index in [1.54, 1.807) is 24.3 Å². The molecular weight excluding hydrogens is 400 g/mol. The smallest absolute Gasteiger partial charge is 0.373 e. The maximum atomic E-state index is 11.5. The number of halogens is 1. The Morgan fingerprint density at radius 1 is 1.29 bits per heavy atom. The molecule has 0 atom stereocenters. The summed E-state index contributed by atoms with van der Waals surface area (Å²) in [6.45, 7) is 0. The fraction of sp³-hybridized carbons (Fsp3) is 0.158. The Morgan fingerprint density at radius 3 is 2.71 bits per heavy atom. The van der Waals surface area contributed by atoms with E-state index in [2.05, 4.69) is 20.8 Å². The van der Waals surface area contributed by atoms with Gasteiger partial charge in [0, 0.05) is 11.4 Å². The summed E-state index contributed by atoms with van der Waals surface area (Å²) in [6.07, 6.45) is 0.424. The van der Waals surface area contributed by atoms with E-state index >= 15 is 0 Å². The molecule has 2 heterocycles. The summed E-state index contributed by atoms with van der Waals surface area (Å²) in [5.41, 5.74) is 7.69. The number of esters is 1. The molecule has 0 saturated heterocycles. The van der Waals surface area contributed by atoms with E-state index in [0.717, 1.165) is 5.56 Å². The monoisotopic (exact) mass is 414 g/mol. The number of furan rings is 1. The molecule has 2 aromatic heterocycles.